The number of nitrogens with one attached hydrogen (secondary N) is 1. The van der Waals surface area contributed by atoms with Crippen molar-refractivity contribution in [3.8, 4) is 23.0 Å². The molecule has 0 fully saturated rings. The molecule has 0 spiro atoms. The van der Waals surface area contributed by atoms with Crippen molar-refractivity contribution in [2.24, 2.45) is 0 Å². The predicted octanol–water partition coefficient (Wildman–Crippen LogP) is 1.89. The molecule has 0 aliphatic carbocycles. The highest BCUT2D eigenvalue weighted by Gasteiger charge is 2.14. The summed E-state index contributed by atoms with van der Waals surface area (Å²) in [6.07, 6.45) is 0. The number of ether oxygens (including phenoxy) is 4. The molecular formula is C19H21NO7. The lowest BCUT2D eigenvalue weighted by molar-refractivity contribution is -0.124. The smallest absolute Gasteiger partial charge is 0.338 e. The summed E-state index contributed by atoms with van der Waals surface area (Å²) in [6, 6.07) is 9.03. The molecule has 0 heterocycles. The minimum atomic E-state index is -0.704. The molecule has 0 bridgehead atoms. The Morgan fingerprint density at radius 2 is 1.63 bits per heavy atom. The number of hydrogen-bond acceptors (Lipinski definition) is 7. The van der Waals surface area contributed by atoms with Gasteiger partial charge in [-0.25, -0.2) is 4.79 Å². The lowest BCUT2D eigenvalue weighted by Gasteiger charge is -2.14. The van der Waals surface area contributed by atoms with E-state index in [4.69, 9.17) is 18.9 Å². The lowest BCUT2D eigenvalue weighted by Crippen LogP contribution is -2.28. The van der Waals surface area contributed by atoms with Gasteiger partial charge >= 0.3 is 5.97 Å². The Kier molecular flexibility index (Phi) is 6.87. The largest absolute Gasteiger partial charge is 0.508 e. The maximum atomic E-state index is 12.0. The Morgan fingerprint density at radius 3 is 2.26 bits per heavy atom. The molecule has 2 aromatic carbocycles. The molecule has 144 valence electrons. The second-order valence-electron chi connectivity index (χ2n) is 5.42. The van der Waals surface area contributed by atoms with Crippen LogP contribution in [0.5, 0.6) is 23.0 Å². The van der Waals surface area contributed by atoms with Crippen LogP contribution in [-0.2, 0) is 16.1 Å². The number of hydrogen-bond donors (Lipinski definition) is 2. The van der Waals surface area contributed by atoms with Gasteiger partial charge in [-0.3, -0.25) is 4.79 Å². The molecule has 8 nitrogen and oxygen atoms in total. The van der Waals surface area contributed by atoms with E-state index in [1.807, 2.05) is 0 Å². The van der Waals surface area contributed by atoms with E-state index in [9.17, 15) is 14.7 Å². The van der Waals surface area contributed by atoms with Crippen LogP contribution in [0.3, 0.4) is 0 Å². The van der Waals surface area contributed by atoms with Crippen molar-refractivity contribution in [3.05, 3.63) is 47.5 Å². The van der Waals surface area contributed by atoms with Gasteiger partial charge in [0.1, 0.15) is 11.5 Å². The van der Waals surface area contributed by atoms with Crippen LogP contribution in [0.1, 0.15) is 15.9 Å². The second-order valence-corrected chi connectivity index (χ2v) is 5.42. The molecule has 0 aromatic heterocycles. The van der Waals surface area contributed by atoms with Crippen LogP contribution in [0.25, 0.3) is 0 Å². The van der Waals surface area contributed by atoms with Crippen LogP contribution in [0.2, 0.25) is 0 Å². The average molecular weight is 375 g/mol. The number of phenolic OH excluding ortho intramolecular Hbond substituents is 1. The van der Waals surface area contributed by atoms with E-state index in [1.165, 1.54) is 45.6 Å². The molecule has 0 aliphatic heterocycles. The maximum Gasteiger partial charge on any atom is 0.338 e. The zero-order chi connectivity index (χ0) is 19.8. The van der Waals surface area contributed by atoms with Gasteiger partial charge in [-0.15, -0.1) is 0 Å². The molecule has 2 rings (SSSR count). The number of amides is 1. The fourth-order valence-corrected chi connectivity index (χ4v) is 2.32. The van der Waals surface area contributed by atoms with Gasteiger partial charge in [-0.2, -0.15) is 0 Å². The standard InChI is InChI=1S/C19H21NO7/c1-24-15-9-17(26-3)16(25-2)8-13(15)10-20-18(22)11-27-19(23)12-5-4-6-14(21)7-12/h4-9,21H,10-11H2,1-3H3,(H,20,22). The zero-order valence-corrected chi connectivity index (χ0v) is 15.3. The topological polar surface area (TPSA) is 103 Å². The van der Waals surface area contributed by atoms with Crippen molar-refractivity contribution in [1.82, 2.24) is 5.32 Å². The number of esters is 1. The van der Waals surface area contributed by atoms with Crippen molar-refractivity contribution < 1.29 is 33.6 Å². The lowest BCUT2D eigenvalue weighted by atomic mass is 10.1. The van der Waals surface area contributed by atoms with Crippen LogP contribution in [0.15, 0.2) is 36.4 Å². The van der Waals surface area contributed by atoms with Gasteiger partial charge in [0.25, 0.3) is 5.91 Å². The van der Waals surface area contributed by atoms with E-state index in [0.29, 0.717) is 22.8 Å². The number of phenols is 1. The zero-order valence-electron chi connectivity index (χ0n) is 15.3. The summed E-state index contributed by atoms with van der Waals surface area (Å²) in [6.45, 7) is -0.309. The van der Waals surface area contributed by atoms with Crippen LogP contribution in [0, 0.1) is 0 Å². The SMILES string of the molecule is COc1cc(OC)c(OC)cc1CNC(=O)COC(=O)c1cccc(O)c1. The third-order valence-corrected chi connectivity index (χ3v) is 3.68. The summed E-state index contributed by atoms with van der Waals surface area (Å²) < 4.78 is 20.7. The normalized spacial score (nSPS) is 10.0. The molecule has 8 heteroatoms. The van der Waals surface area contributed by atoms with Gasteiger partial charge in [0.15, 0.2) is 18.1 Å². The fraction of sp³-hybridized carbons (Fsp3) is 0.263. The molecular weight excluding hydrogens is 354 g/mol. The van der Waals surface area contributed by atoms with E-state index in [2.05, 4.69) is 5.32 Å². The molecule has 2 N–H and O–H groups in total. The number of benzene rings is 2. The first kappa shape index (κ1) is 19.9. The Hall–Kier alpha value is -3.42. The molecule has 2 aromatic rings. The van der Waals surface area contributed by atoms with Crippen molar-refractivity contribution in [2.45, 2.75) is 6.54 Å². The van der Waals surface area contributed by atoms with Crippen molar-refractivity contribution >= 4 is 11.9 Å². The fourth-order valence-electron chi connectivity index (χ4n) is 2.32. The Morgan fingerprint density at radius 1 is 0.963 bits per heavy atom. The van der Waals surface area contributed by atoms with Gasteiger partial charge in [0, 0.05) is 18.2 Å². The highest BCUT2D eigenvalue weighted by Crippen LogP contribution is 2.34. The van der Waals surface area contributed by atoms with E-state index in [-0.39, 0.29) is 17.9 Å². The first-order chi connectivity index (χ1) is 13.0. The Bertz CT molecular complexity index is 820. The molecule has 0 atom stereocenters. The minimum Gasteiger partial charge on any atom is -0.508 e. The van der Waals surface area contributed by atoms with E-state index in [0.717, 1.165) is 0 Å². The number of carbonyl (C=O) groups excluding carboxylic acids is 2. The van der Waals surface area contributed by atoms with E-state index in [1.54, 1.807) is 12.1 Å². The highest BCUT2D eigenvalue weighted by atomic mass is 16.5. The first-order valence-corrected chi connectivity index (χ1v) is 8.00. The summed E-state index contributed by atoms with van der Waals surface area (Å²) in [5.41, 5.74) is 0.826. The maximum absolute atomic E-state index is 12.0. The molecule has 1 amide bonds. The third-order valence-electron chi connectivity index (χ3n) is 3.68. The van der Waals surface area contributed by atoms with Crippen molar-refractivity contribution in [3.63, 3.8) is 0 Å². The van der Waals surface area contributed by atoms with Crippen LogP contribution < -0.4 is 19.5 Å². The quantitative estimate of drug-likeness (QED) is 0.679. The van der Waals surface area contributed by atoms with Crippen molar-refractivity contribution in [2.75, 3.05) is 27.9 Å². The molecule has 0 unspecified atom stereocenters. The number of methoxy groups -OCH3 is 3. The molecule has 0 saturated heterocycles. The highest BCUT2D eigenvalue weighted by molar-refractivity contribution is 5.91. The van der Waals surface area contributed by atoms with Gasteiger partial charge in [-0.05, 0) is 24.3 Å². The molecule has 0 radical (unpaired) electrons. The Balaban J connectivity index is 1.94. The van der Waals surface area contributed by atoms with Crippen LogP contribution in [-0.4, -0.2) is 44.9 Å². The molecule has 0 saturated carbocycles. The predicted molar refractivity (Wildman–Crippen MR) is 96.3 cm³/mol. The summed E-state index contributed by atoms with van der Waals surface area (Å²) in [5, 5.41) is 12.0. The summed E-state index contributed by atoms with van der Waals surface area (Å²) >= 11 is 0. The van der Waals surface area contributed by atoms with Gasteiger partial charge in [0.2, 0.25) is 0 Å². The van der Waals surface area contributed by atoms with Gasteiger partial charge in [-0.1, -0.05) is 6.07 Å². The summed E-state index contributed by atoms with van der Waals surface area (Å²) in [5.74, 6) is 0.270. The number of rotatable bonds is 8. The van der Waals surface area contributed by atoms with Crippen LogP contribution in [0.4, 0.5) is 0 Å². The third kappa shape index (κ3) is 5.27. The molecule has 27 heavy (non-hydrogen) atoms. The summed E-state index contributed by atoms with van der Waals surface area (Å²) in [4.78, 5) is 23.8. The van der Waals surface area contributed by atoms with E-state index >= 15 is 0 Å². The number of aromatic hydroxyl groups is 1. The second kappa shape index (κ2) is 9.33. The minimum absolute atomic E-state index is 0.0607. The Labute approximate surface area is 156 Å². The summed E-state index contributed by atoms with van der Waals surface area (Å²) in [7, 11) is 4.52. The van der Waals surface area contributed by atoms with Crippen molar-refractivity contribution in [1.29, 1.82) is 0 Å². The number of carbonyl (C=O) groups is 2. The van der Waals surface area contributed by atoms with Gasteiger partial charge < -0.3 is 29.4 Å². The van der Waals surface area contributed by atoms with Crippen LogP contribution >= 0.6 is 0 Å². The molecule has 0 aliphatic rings. The average Bonchev–Trinajstić information content (AvgIpc) is 2.69. The monoisotopic (exact) mass is 375 g/mol. The van der Waals surface area contributed by atoms with E-state index < -0.39 is 18.5 Å². The first-order valence-electron chi connectivity index (χ1n) is 8.00. The van der Waals surface area contributed by atoms with Gasteiger partial charge in [0.05, 0.1) is 26.9 Å².